The maximum Gasteiger partial charge on any atom is 0.243 e. The zero-order valence-corrected chi connectivity index (χ0v) is 14.2. The van der Waals surface area contributed by atoms with Gasteiger partial charge in [-0.2, -0.15) is 5.10 Å². The number of rotatable bonds is 3. The quantitative estimate of drug-likeness (QED) is 0.788. The Bertz CT molecular complexity index is 959. The summed E-state index contributed by atoms with van der Waals surface area (Å²) in [7, 11) is 0. The van der Waals surface area contributed by atoms with Crippen LogP contribution in [0.3, 0.4) is 0 Å². The number of nitrogens with zero attached hydrogens (tertiary/aromatic N) is 2. The summed E-state index contributed by atoms with van der Waals surface area (Å²) in [6.07, 6.45) is 0.858. The molecule has 0 bridgehead atoms. The maximum absolute atomic E-state index is 11.9. The molecule has 0 saturated heterocycles. The first-order valence-corrected chi connectivity index (χ1v) is 8.51. The van der Waals surface area contributed by atoms with E-state index in [1.54, 1.807) is 0 Å². The van der Waals surface area contributed by atoms with E-state index in [0.717, 1.165) is 34.4 Å². The molecule has 3 aromatic rings. The van der Waals surface area contributed by atoms with Gasteiger partial charge in [-0.05, 0) is 30.7 Å². The van der Waals surface area contributed by atoms with Gasteiger partial charge in [-0.1, -0.05) is 38.1 Å². The largest absolute Gasteiger partial charge is 0.436 e. The van der Waals surface area contributed by atoms with Gasteiger partial charge in [0.2, 0.25) is 11.8 Å². The van der Waals surface area contributed by atoms with Gasteiger partial charge >= 0.3 is 0 Å². The van der Waals surface area contributed by atoms with E-state index in [9.17, 15) is 4.79 Å². The fourth-order valence-electron chi connectivity index (χ4n) is 3.33. The van der Waals surface area contributed by atoms with Crippen LogP contribution in [0, 0.1) is 11.8 Å². The van der Waals surface area contributed by atoms with Crippen LogP contribution < -0.4 is 5.43 Å². The molecule has 2 heterocycles. The number of fused-ring (bicyclic) bond motifs is 1. The summed E-state index contributed by atoms with van der Waals surface area (Å²) < 4.78 is 5.95. The van der Waals surface area contributed by atoms with Crippen molar-refractivity contribution in [2.75, 3.05) is 0 Å². The SMILES string of the molecule is CC[C@H]1C(c2ccc3nc(-c4ccccc4)oc3c2)=NNC(=O)C1C. The summed E-state index contributed by atoms with van der Waals surface area (Å²) in [5, 5.41) is 4.31. The molecule has 1 aliphatic heterocycles. The van der Waals surface area contributed by atoms with Crippen LogP contribution in [0.25, 0.3) is 22.6 Å². The number of hydrogen-bond acceptors (Lipinski definition) is 4. The minimum absolute atomic E-state index is 0.0253. The highest BCUT2D eigenvalue weighted by atomic mass is 16.3. The molecule has 1 N–H and O–H groups in total. The van der Waals surface area contributed by atoms with Crippen molar-refractivity contribution in [2.45, 2.75) is 20.3 Å². The molecule has 0 aliphatic carbocycles. The van der Waals surface area contributed by atoms with Gasteiger partial charge in [0.15, 0.2) is 5.58 Å². The van der Waals surface area contributed by atoms with E-state index in [1.165, 1.54) is 0 Å². The lowest BCUT2D eigenvalue weighted by Gasteiger charge is -2.27. The molecule has 25 heavy (non-hydrogen) atoms. The first-order chi connectivity index (χ1) is 12.2. The fourth-order valence-corrected chi connectivity index (χ4v) is 3.33. The molecular weight excluding hydrogens is 314 g/mol. The van der Waals surface area contributed by atoms with Crippen molar-refractivity contribution in [2.24, 2.45) is 16.9 Å². The van der Waals surface area contributed by atoms with Crippen LogP contribution >= 0.6 is 0 Å². The third kappa shape index (κ3) is 2.71. The second-order valence-corrected chi connectivity index (χ2v) is 6.34. The summed E-state index contributed by atoms with van der Waals surface area (Å²) in [6, 6.07) is 15.7. The molecule has 1 aromatic heterocycles. The first kappa shape index (κ1) is 15.6. The number of amides is 1. The van der Waals surface area contributed by atoms with Crippen LogP contribution in [0.15, 0.2) is 58.0 Å². The van der Waals surface area contributed by atoms with Crippen molar-refractivity contribution < 1.29 is 9.21 Å². The Balaban J connectivity index is 1.75. The third-order valence-corrected chi connectivity index (χ3v) is 4.80. The summed E-state index contributed by atoms with van der Waals surface area (Å²) in [5.41, 5.74) is 6.96. The number of hydrogen-bond donors (Lipinski definition) is 1. The number of nitrogens with one attached hydrogen (secondary N) is 1. The molecular formula is C20H19N3O2. The summed E-state index contributed by atoms with van der Waals surface area (Å²) in [5.74, 6) is 0.584. The lowest BCUT2D eigenvalue weighted by molar-refractivity contribution is -0.125. The highest BCUT2D eigenvalue weighted by Gasteiger charge is 2.31. The maximum atomic E-state index is 11.9. The van der Waals surface area contributed by atoms with Gasteiger partial charge < -0.3 is 4.42 Å². The molecule has 5 heteroatoms. The van der Waals surface area contributed by atoms with Gasteiger partial charge in [-0.15, -0.1) is 0 Å². The molecule has 0 radical (unpaired) electrons. The van der Waals surface area contributed by atoms with Gasteiger partial charge in [0, 0.05) is 23.0 Å². The normalized spacial score (nSPS) is 20.4. The Labute approximate surface area is 145 Å². The summed E-state index contributed by atoms with van der Waals surface area (Å²) in [6.45, 7) is 4.02. The smallest absolute Gasteiger partial charge is 0.243 e. The highest BCUT2D eigenvalue weighted by molar-refractivity contribution is 6.07. The molecule has 126 valence electrons. The average Bonchev–Trinajstić information content (AvgIpc) is 3.08. The minimum Gasteiger partial charge on any atom is -0.436 e. The highest BCUT2D eigenvalue weighted by Crippen LogP contribution is 2.29. The zero-order valence-electron chi connectivity index (χ0n) is 14.2. The van der Waals surface area contributed by atoms with Crippen molar-refractivity contribution in [3.05, 3.63) is 54.1 Å². The fraction of sp³-hybridized carbons (Fsp3) is 0.250. The van der Waals surface area contributed by atoms with E-state index in [4.69, 9.17) is 4.42 Å². The van der Waals surface area contributed by atoms with Crippen LogP contribution in [0.1, 0.15) is 25.8 Å². The monoisotopic (exact) mass is 333 g/mol. The second-order valence-electron chi connectivity index (χ2n) is 6.34. The average molecular weight is 333 g/mol. The Hall–Kier alpha value is -2.95. The number of carbonyl (C=O) groups excluding carboxylic acids is 1. The molecule has 4 rings (SSSR count). The molecule has 1 aliphatic rings. The second kappa shape index (κ2) is 6.16. The van der Waals surface area contributed by atoms with Crippen LogP contribution in [0.4, 0.5) is 0 Å². The molecule has 0 spiro atoms. The van der Waals surface area contributed by atoms with E-state index in [2.05, 4.69) is 22.4 Å². The van der Waals surface area contributed by atoms with Crippen LogP contribution in [0.5, 0.6) is 0 Å². The van der Waals surface area contributed by atoms with Crippen LogP contribution in [-0.4, -0.2) is 16.6 Å². The molecule has 1 unspecified atom stereocenters. The first-order valence-electron chi connectivity index (χ1n) is 8.51. The number of hydrazone groups is 1. The number of benzene rings is 2. The summed E-state index contributed by atoms with van der Waals surface area (Å²) >= 11 is 0. The Morgan fingerprint density at radius 1 is 1.12 bits per heavy atom. The summed E-state index contributed by atoms with van der Waals surface area (Å²) in [4.78, 5) is 16.4. The van der Waals surface area contributed by atoms with E-state index in [-0.39, 0.29) is 17.7 Å². The minimum atomic E-state index is -0.0946. The molecule has 2 atom stereocenters. The molecule has 0 fully saturated rings. The van der Waals surface area contributed by atoms with Crippen molar-refractivity contribution in [3.8, 4) is 11.5 Å². The van der Waals surface area contributed by atoms with Crippen LogP contribution in [0.2, 0.25) is 0 Å². The van der Waals surface area contributed by atoms with Gasteiger partial charge in [0.25, 0.3) is 0 Å². The van der Waals surface area contributed by atoms with Crippen molar-refractivity contribution in [3.63, 3.8) is 0 Å². The van der Waals surface area contributed by atoms with Crippen molar-refractivity contribution in [1.82, 2.24) is 10.4 Å². The van der Waals surface area contributed by atoms with Gasteiger partial charge in [-0.25, -0.2) is 10.4 Å². The van der Waals surface area contributed by atoms with Gasteiger partial charge in [0.05, 0.1) is 5.71 Å². The Morgan fingerprint density at radius 3 is 2.68 bits per heavy atom. The van der Waals surface area contributed by atoms with E-state index in [1.807, 2.05) is 55.5 Å². The molecule has 2 aromatic carbocycles. The van der Waals surface area contributed by atoms with E-state index >= 15 is 0 Å². The van der Waals surface area contributed by atoms with E-state index < -0.39 is 0 Å². The third-order valence-electron chi connectivity index (χ3n) is 4.80. The van der Waals surface area contributed by atoms with Crippen molar-refractivity contribution >= 4 is 22.7 Å². The van der Waals surface area contributed by atoms with Gasteiger partial charge in [0.1, 0.15) is 5.52 Å². The molecule has 0 saturated carbocycles. The van der Waals surface area contributed by atoms with E-state index in [0.29, 0.717) is 5.89 Å². The standard InChI is InChI=1S/C20H19N3O2/c1-3-15-12(2)19(24)23-22-18(15)14-9-10-16-17(11-14)25-20(21-16)13-7-5-4-6-8-13/h4-12,15H,3H2,1-2H3,(H,23,24)/t12?,15-/m1/s1. The predicted molar refractivity (Wildman–Crippen MR) is 97.1 cm³/mol. The molecule has 1 amide bonds. The Kier molecular flexibility index (Phi) is 3.84. The Morgan fingerprint density at radius 2 is 1.92 bits per heavy atom. The van der Waals surface area contributed by atoms with Crippen LogP contribution in [-0.2, 0) is 4.79 Å². The number of carbonyl (C=O) groups is 1. The number of oxazole rings is 1. The van der Waals surface area contributed by atoms with Crippen molar-refractivity contribution in [1.29, 1.82) is 0 Å². The number of aromatic nitrogens is 1. The lowest BCUT2D eigenvalue weighted by atomic mass is 9.83. The predicted octanol–water partition coefficient (Wildman–Crippen LogP) is 3.99. The lowest BCUT2D eigenvalue weighted by Crippen LogP contribution is -2.40. The molecule has 5 nitrogen and oxygen atoms in total. The topological polar surface area (TPSA) is 67.5 Å². The zero-order chi connectivity index (χ0) is 17.4. The van der Waals surface area contributed by atoms with Gasteiger partial charge in [-0.3, -0.25) is 4.79 Å².